The molecule has 0 aliphatic carbocycles. The maximum atomic E-state index is 13.4. The van der Waals surface area contributed by atoms with Gasteiger partial charge in [0.25, 0.3) is 5.91 Å². The minimum Gasteiger partial charge on any atom is -0.481 e. The van der Waals surface area contributed by atoms with Crippen molar-refractivity contribution in [1.82, 2.24) is 4.98 Å². The second-order valence-electron chi connectivity index (χ2n) is 4.44. The van der Waals surface area contributed by atoms with Crippen molar-refractivity contribution >= 4 is 17.6 Å². The zero-order valence-electron chi connectivity index (χ0n) is 11.4. The van der Waals surface area contributed by atoms with Crippen LogP contribution in [0.5, 0.6) is 0 Å². The number of hydrogen-bond donors (Lipinski definition) is 1. The maximum absolute atomic E-state index is 13.4. The Kier molecular flexibility index (Phi) is 4.77. The van der Waals surface area contributed by atoms with E-state index in [1.54, 1.807) is 6.07 Å². The molecule has 0 fully saturated rings. The molecule has 5 nitrogen and oxygen atoms in total. The van der Waals surface area contributed by atoms with Crippen LogP contribution in [0.15, 0.2) is 42.7 Å². The Morgan fingerprint density at radius 1 is 1.18 bits per heavy atom. The number of rotatable bonds is 5. The first-order chi connectivity index (χ1) is 10.5. The molecule has 114 valence electrons. The molecule has 0 saturated heterocycles. The van der Waals surface area contributed by atoms with E-state index in [1.807, 2.05) is 0 Å². The number of halogens is 2. The van der Waals surface area contributed by atoms with Crippen molar-refractivity contribution in [3.8, 4) is 0 Å². The Labute approximate surface area is 124 Å². The van der Waals surface area contributed by atoms with Crippen LogP contribution in [-0.2, 0) is 4.79 Å². The van der Waals surface area contributed by atoms with Crippen LogP contribution < -0.4 is 4.90 Å². The molecule has 2 rings (SSSR count). The summed E-state index contributed by atoms with van der Waals surface area (Å²) in [5.41, 5.74) is 0.298. The molecular formula is C15H12F2N2O3. The molecule has 0 unspecified atom stereocenters. The highest BCUT2D eigenvalue weighted by atomic mass is 19.2. The Balaban J connectivity index is 2.35. The highest BCUT2D eigenvalue weighted by molar-refractivity contribution is 6.06. The standard InChI is InChI=1S/C15H12F2N2O3/c16-12-4-3-11(8-13(12)17)19(7-5-14(20)21)15(22)10-2-1-6-18-9-10/h1-4,6,8-9H,5,7H2,(H,20,21). The van der Waals surface area contributed by atoms with E-state index in [4.69, 9.17) is 5.11 Å². The number of pyridine rings is 1. The van der Waals surface area contributed by atoms with E-state index in [2.05, 4.69) is 4.98 Å². The van der Waals surface area contributed by atoms with Crippen LogP contribution in [0.1, 0.15) is 16.8 Å². The number of hydrogen-bond acceptors (Lipinski definition) is 3. The molecule has 1 aromatic carbocycles. The molecule has 1 heterocycles. The Morgan fingerprint density at radius 2 is 1.95 bits per heavy atom. The lowest BCUT2D eigenvalue weighted by molar-refractivity contribution is -0.136. The SMILES string of the molecule is O=C(O)CCN(C(=O)c1cccnc1)c1ccc(F)c(F)c1. The molecule has 1 aromatic heterocycles. The van der Waals surface area contributed by atoms with E-state index in [0.717, 1.165) is 17.0 Å². The smallest absolute Gasteiger partial charge is 0.305 e. The zero-order valence-corrected chi connectivity index (χ0v) is 11.4. The lowest BCUT2D eigenvalue weighted by atomic mass is 10.2. The zero-order chi connectivity index (χ0) is 16.1. The van der Waals surface area contributed by atoms with Crippen molar-refractivity contribution in [1.29, 1.82) is 0 Å². The molecule has 2 aromatic rings. The van der Waals surface area contributed by atoms with E-state index < -0.39 is 23.5 Å². The molecule has 22 heavy (non-hydrogen) atoms. The second-order valence-corrected chi connectivity index (χ2v) is 4.44. The van der Waals surface area contributed by atoms with Gasteiger partial charge in [-0.2, -0.15) is 0 Å². The van der Waals surface area contributed by atoms with E-state index >= 15 is 0 Å². The molecule has 0 bridgehead atoms. The van der Waals surface area contributed by atoms with E-state index in [9.17, 15) is 18.4 Å². The van der Waals surface area contributed by atoms with Crippen molar-refractivity contribution < 1.29 is 23.5 Å². The van der Waals surface area contributed by atoms with Crippen LogP contribution in [0.4, 0.5) is 14.5 Å². The number of aliphatic carboxylic acids is 1. The van der Waals surface area contributed by atoms with Crippen molar-refractivity contribution in [3.05, 3.63) is 59.9 Å². The van der Waals surface area contributed by atoms with Gasteiger partial charge in [0.2, 0.25) is 0 Å². The van der Waals surface area contributed by atoms with Crippen LogP contribution in [0.2, 0.25) is 0 Å². The quantitative estimate of drug-likeness (QED) is 0.921. The van der Waals surface area contributed by atoms with Crippen LogP contribution in [0.3, 0.4) is 0 Å². The fourth-order valence-electron chi connectivity index (χ4n) is 1.85. The minimum absolute atomic E-state index is 0.0778. The van der Waals surface area contributed by atoms with Gasteiger partial charge in [0.1, 0.15) is 0 Å². The van der Waals surface area contributed by atoms with Gasteiger partial charge in [-0.3, -0.25) is 14.6 Å². The average molecular weight is 306 g/mol. The number of aromatic nitrogens is 1. The predicted octanol–water partition coefficient (Wildman–Crippen LogP) is 2.48. The molecule has 0 saturated carbocycles. The lowest BCUT2D eigenvalue weighted by Gasteiger charge is -2.22. The predicted molar refractivity (Wildman–Crippen MR) is 74.5 cm³/mol. The van der Waals surface area contributed by atoms with E-state index in [0.29, 0.717) is 0 Å². The number of carboxylic acid groups (broad SMARTS) is 1. The molecular weight excluding hydrogens is 294 g/mol. The summed E-state index contributed by atoms with van der Waals surface area (Å²) in [5.74, 6) is -3.81. The number of carbonyl (C=O) groups excluding carboxylic acids is 1. The third-order valence-electron chi connectivity index (χ3n) is 2.92. The van der Waals surface area contributed by atoms with Crippen LogP contribution in [0, 0.1) is 11.6 Å². The second kappa shape index (κ2) is 6.75. The fourth-order valence-corrected chi connectivity index (χ4v) is 1.85. The number of anilines is 1. The fraction of sp³-hybridized carbons (Fsp3) is 0.133. The topological polar surface area (TPSA) is 70.5 Å². The van der Waals surface area contributed by atoms with Gasteiger partial charge >= 0.3 is 5.97 Å². The average Bonchev–Trinajstić information content (AvgIpc) is 2.51. The molecule has 1 N–H and O–H groups in total. The van der Waals surface area contributed by atoms with Crippen molar-refractivity contribution in [3.63, 3.8) is 0 Å². The maximum Gasteiger partial charge on any atom is 0.305 e. The highest BCUT2D eigenvalue weighted by Crippen LogP contribution is 2.20. The van der Waals surface area contributed by atoms with Gasteiger partial charge in [0.15, 0.2) is 11.6 Å². The van der Waals surface area contributed by atoms with Gasteiger partial charge in [0, 0.05) is 30.7 Å². The number of amides is 1. The number of carboxylic acids is 1. The first kappa shape index (κ1) is 15.6. The number of benzene rings is 1. The Morgan fingerprint density at radius 3 is 2.55 bits per heavy atom. The van der Waals surface area contributed by atoms with Crippen LogP contribution >= 0.6 is 0 Å². The first-order valence-corrected chi connectivity index (χ1v) is 6.38. The van der Waals surface area contributed by atoms with Gasteiger partial charge < -0.3 is 10.0 Å². The largest absolute Gasteiger partial charge is 0.481 e. The summed E-state index contributed by atoms with van der Waals surface area (Å²) in [5, 5.41) is 8.78. The summed E-state index contributed by atoms with van der Waals surface area (Å²) in [6.07, 6.45) is 2.47. The third kappa shape index (κ3) is 3.63. The van der Waals surface area contributed by atoms with Crippen molar-refractivity contribution in [2.24, 2.45) is 0 Å². The van der Waals surface area contributed by atoms with Crippen LogP contribution in [-0.4, -0.2) is 28.5 Å². The summed E-state index contributed by atoms with van der Waals surface area (Å²) >= 11 is 0. The monoisotopic (exact) mass is 306 g/mol. The molecule has 0 atom stereocenters. The molecule has 0 radical (unpaired) electrons. The van der Waals surface area contributed by atoms with Gasteiger partial charge in [-0.05, 0) is 24.3 Å². The molecule has 0 spiro atoms. The van der Waals surface area contributed by atoms with Crippen molar-refractivity contribution in [2.45, 2.75) is 6.42 Å². The van der Waals surface area contributed by atoms with Crippen molar-refractivity contribution in [2.75, 3.05) is 11.4 Å². The summed E-state index contributed by atoms with van der Waals surface area (Å²) in [6.45, 7) is -0.172. The highest BCUT2D eigenvalue weighted by Gasteiger charge is 2.20. The third-order valence-corrected chi connectivity index (χ3v) is 2.92. The first-order valence-electron chi connectivity index (χ1n) is 6.38. The lowest BCUT2D eigenvalue weighted by Crippen LogP contribution is -2.33. The number of carbonyl (C=O) groups is 2. The van der Waals surface area contributed by atoms with Gasteiger partial charge in [-0.15, -0.1) is 0 Å². The van der Waals surface area contributed by atoms with E-state index in [-0.39, 0.29) is 24.2 Å². The van der Waals surface area contributed by atoms with Crippen LogP contribution in [0.25, 0.3) is 0 Å². The summed E-state index contributed by atoms with van der Waals surface area (Å²) in [4.78, 5) is 28.0. The molecule has 7 heteroatoms. The minimum atomic E-state index is -1.11. The normalized spacial score (nSPS) is 10.3. The summed E-state index contributed by atoms with van der Waals surface area (Å²) in [6, 6.07) is 6.01. The van der Waals surface area contributed by atoms with E-state index in [1.165, 1.54) is 24.5 Å². The van der Waals surface area contributed by atoms with Gasteiger partial charge in [0.05, 0.1) is 12.0 Å². The summed E-state index contributed by atoms with van der Waals surface area (Å²) < 4.78 is 26.4. The molecule has 0 aliphatic heterocycles. The number of nitrogens with zero attached hydrogens (tertiary/aromatic N) is 2. The summed E-state index contributed by atoms with van der Waals surface area (Å²) in [7, 11) is 0. The van der Waals surface area contributed by atoms with Gasteiger partial charge in [-0.25, -0.2) is 8.78 Å². The molecule has 0 aliphatic rings. The Hall–Kier alpha value is -2.83. The Bertz CT molecular complexity index is 692. The van der Waals surface area contributed by atoms with Gasteiger partial charge in [-0.1, -0.05) is 0 Å². The molecule has 1 amide bonds.